The molecule has 1 heterocycles. The molecule has 1 fully saturated rings. The number of thioether (sulfide) groups is 1. The SMILES string of the molecule is Fc1cccc(SCC2CNCCO2)c1. The highest BCUT2D eigenvalue weighted by molar-refractivity contribution is 7.99. The Morgan fingerprint density at radius 3 is 3.20 bits per heavy atom. The summed E-state index contributed by atoms with van der Waals surface area (Å²) in [5, 5.41) is 3.27. The summed E-state index contributed by atoms with van der Waals surface area (Å²) in [4.78, 5) is 0.962. The molecule has 1 unspecified atom stereocenters. The second-order valence-electron chi connectivity index (χ2n) is 3.47. The van der Waals surface area contributed by atoms with Crippen LogP contribution in [0.5, 0.6) is 0 Å². The smallest absolute Gasteiger partial charge is 0.124 e. The van der Waals surface area contributed by atoms with Gasteiger partial charge in [-0.15, -0.1) is 11.8 Å². The van der Waals surface area contributed by atoms with Crippen molar-refractivity contribution < 1.29 is 9.13 Å². The first-order chi connectivity index (χ1) is 7.34. The highest BCUT2D eigenvalue weighted by Crippen LogP contribution is 2.20. The highest BCUT2D eigenvalue weighted by Gasteiger charge is 2.13. The fourth-order valence-corrected chi connectivity index (χ4v) is 2.44. The monoisotopic (exact) mass is 227 g/mol. The molecule has 2 rings (SSSR count). The van der Waals surface area contributed by atoms with Gasteiger partial charge in [0, 0.05) is 23.7 Å². The number of hydrogen-bond donors (Lipinski definition) is 1. The fraction of sp³-hybridized carbons (Fsp3) is 0.455. The maximum Gasteiger partial charge on any atom is 0.124 e. The molecule has 1 N–H and O–H groups in total. The number of rotatable bonds is 3. The molecular weight excluding hydrogens is 213 g/mol. The molecule has 0 bridgehead atoms. The lowest BCUT2D eigenvalue weighted by Crippen LogP contribution is -2.39. The second-order valence-corrected chi connectivity index (χ2v) is 4.56. The molecular formula is C11H14FNOS. The molecule has 0 aliphatic carbocycles. The van der Waals surface area contributed by atoms with E-state index in [0.29, 0.717) is 0 Å². The molecule has 0 aromatic heterocycles. The van der Waals surface area contributed by atoms with Crippen LogP contribution >= 0.6 is 11.8 Å². The van der Waals surface area contributed by atoms with Crippen molar-refractivity contribution in [1.82, 2.24) is 5.32 Å². The van der Waals surface area contributed by atoms with Gasteiger partial charge in [0.1, 0.15) is 5.82 Å². The normalized spacial score (nSPS) is 21.5. The van der Waals surface area contributed by atoms with E-state index in [9.17, 15) is 4.39 Å². The van der Waals surface area contributed by atoms with Gasteiger partial charge in [-0.1, -0.05) is 6.07 Å². The Labute approximate surface area is 93.2 Å². The van der Waals surface area contributed by atoms with E-state index >= 15 is 0 Å². The summed E-state index contributed by atoms with van der Waals surface area (Å²) in [5.74, 6) is 0.693. The summed E-state index contributed by atoms with van der Waals surface area (Å²) in [6.07, 6.45) is 0.243. The minimum Gasteiger partial charge on any atom is -0.375 e. The van der Waals surface area contributed by atoms with Crippen molar-refractivity contribution in [3.8, 4) is 0 Å². The molecule has 1 saturated heterocycles. The fourth-order valence-electron chi connectivity index (χ4n) is 1.47. The van der Waals surface area contributed by atoms with E-state index in [1.165, 1.54) is 6.07 Å². The van der Waals surface area contributed by atoms with Crippen LogP contribution in [0.2, 0.25) is 0 Å². The van der Waals surface area contributed by atoms with Gasteiger partial charge in [-0.25, -0.2) is 4.39 Å². The number of nitrogens with one attached hydrogen (secondary N) is 1. The summed E-state index contributed by atoms with van der Waals surface area (Å²) in [7, 11) is 0. The molecule has 1 aromatic rings. The first kappa shape index (κ1) is 10.9. The third-order valence-corrected chi connectivity index (χ3v) is 3.36. The Morgan fingerprint density at radius 2 is 2.47 bits per heavy atom. The van der Waals surface area contributed by atoms with Gasteiger partial charge in [-0.05, 0) is 18.2 Å². The van der Waals surface area contributed by atoms with E-state index in [2.05, 4.69) is 5.32 Å². The molecule has 15 heavy (non-hydrogen) atoms. The molecule has 0 spiro atoms. The van der Waals surface area contributed by atoms with Crippen molar-refractivity contribution in [2.45, 2.75) is 11.0 Å². The van der Waals surface area contributed by atoms with Gasteiger partial charge in [0.25, 0.3) is 0 Å². The summed E-state index contributed by atoms with van der Waals surface area (Å²) in [6.45, 7) is 2.60. The zero-order valence-corrected chi connectivity index (χ0v) is 9.23. The van der Waals surface area contributed by atoms with Crippen LogP contribution in [-0.4, -0.2) is 31.6 Å². The van der Waals surface area contributed by atoms with Gasteiger partial charge in [-0.2, -0.15) is 0 Å². The average Bonchev–Trinajstić information content (AvgIpc) is 2.28. The lowest BCUT2D eigenvalue weighted by Gasteiger charge is -2.23. The molecule has 4 heteroatoms. The number of benzene rings is 1. The van der Waals surface area contributed by atoms with E-state index < -0.39 is 0 Å². The van der Waals surface area contributed by atoms with Crippen LogP contribution in [0.3, 0.4) is 0 Å². The number of morpholine rings is 1. The third-order valence-electron chi connectivity index (χ3n) is 2.24. The van der Waals surface area contributed by atoms with Gasteiger partial charge in [-0.3, -0.25) is 0 Å². The van der Waals surface area contributed by atoms with E-state index in [1.54, 1.807) is 23.9 Å². The molecule has 0 radical (unpaired) electrons. The molecule has 1 aliphatic rings. The van der Waals surface area contributed by atoms with Crippen molar-refractivity contribution in [3.63, 3.8) is 0 Å². The minimum absolute atomic E-state index is 0.178. The Hall–Kier alpha value is -0.580. The summed E-state index contributed by atoms with van der Waals surface area (Å²) in [5.41, 5.74) is 0. The van der Waals surface area contributed by atoms with Crippen LogP contribution in [0.4, 0.5) is 4.39 Å². The summed E-state index contributed by atoms with van der Waals surface area (Å²) < 4.78 is 18.4. The molecule has 1 aromatic carbocycles. The summed E-state index contributed by atoms with van der Waals surface area (Å²) in [6, 6.07) is 6.67. The quantitative estimate of drug-likeness (QED) is 0.797. The summed E-state index contributed by atoms with van der Waals surface area (Å²) >= 11 is 1.64. The zero-order valence-electron chi connectivity index (χ0n) is 8.41. The highest BCUT2D eigenvalue weighted by atomic mass is 32.2. The molecule has 0 amide bonds. The molecule has 82 valence electrons. The van der Waals surface area contributed by atoms with Gasteiger partial charge in [0.05, 0.1) is 12.7 Å². The van der Waals surface area contributed by atoms with E-state index in [4.69, 9.17) is 4.74 Å². The largest absolute Gasteiger partial charge is 0.375 e. The number of halogens is 1. The Kier molecular flexibility index (Phi) is 4.00. The minimum atomic E-state index is -0.178. The van der Waals surface area contributed by atoms with E-state index in [-0.39, 0.29) is 11.9 Å². The van der Waals surface area contributed by atoms with Crippen molar-refractivity contribution in [2.24, 2.45) is 0 Å². The second kappa shape index (κ2) is 5.49. The Bertz CT molecular complexity index is 315. The van der Waals surface area contributed by atoms with Crippen molar-refractivity contribution in [2.75, 3.05) is 25.4 Å². The third kappa shape index (κ3) is 3.48. The molecule has 0 saturated carbocycles. The lowest BCUT2D eigenvalue weighted by atomic mass is 10.3. The maximum atomic E-state index is 12.9. The average molecular weight is 227 g/mol. The predicted molar refractivity (Wildman–Crippen MR) is 59.7 cm³/mol. The van der Waals surface area contributed by atoms with E-state index in [0.717, 1.165) is 30.3 Å². The standard InChI is InChI=1S/C11H14FNOS/c12-9-2-1-3-11(6-9)15-8-10-7-13-4-5-14-10/h1-3,6,10,13H,4-5,7-8H2. The lowest BCUT2D eigenvalue weighted by molar-refractivity contribution is 0.0441. The Morgan fingerprint density at radius 1 is 1.53 bits per heavy atom. The van der Waals surface area contributed by atoms with Crippen molar-refractivity contribution in [1.29, 1.82) is 0 Å². The number of ether oxygens (including phenoxy) is 1. The number of hydrogen-bond acceptors (Lipinski definition) is 3. The van der Waals surface area contributed by atoms with Crippen LogP contribution in [0, 0.1) is 5.82 Å². The van der Waals surface area contributed by atoms with Crippen molar-refractivity contribution in [3.05, 3.63) is 30.1 Å². The van der Waals surface area contributed by atoms with Gasteiger partial charge in [0.2, 0.25) is 0 Å². The van der Waals surface area contributed by atoms with Crippen LogP contribution in [-0.2, 0) is 4.74 Å². The van der Waals surface area contributed by atoms with E-state index in [1.807, 2.05) is 6.07 Å². The molecule has 1 aliphatic heterocycles. The predicted octanol–water partition coefficient (Wildman–Crippen LogP) is 1.91. The van der Waals surface area contributed by atoms with Crippen LogP contribution in [0.15, 0.2) is 29.2 Å². The molecule has 1 atom stereocenters. The van der Waals surface area contributed by atoms with Crippen LogP contribution < -0.4 is 5.32 Å². The van der Waals surface area contributed by atoms with Crippen molar-refractivity contribution >= 4 is 11.8 Å². The van der Waals surface area contributed by atoms with Gasteiger partial charge >= 0.3 is 0 Å². The zero-order chi connectivity index (χ0) is 10.5. The topological polar surface area (TPSA) is 21.3 Å². The van der Waals surface area contributed by atoms with Crippen LogP contribution in [0.1, 0.15) is 0 Å². The Balaban J connectivity index is 1.81. The molecule has 2 nitrogen and oxygen atoms in total. The first-order valence-electron chi connectivity index (χ1n) is 5.05. The first-order valence-corrected chi connectivity index (χ1v) is 6.04. The maximum absolute atomic E-state index is 12.9. The van der Waals surface area contributed by atoms with Crippen LogP contribution in [0.25, 0.3) is 0 Å². The van der Waals surface area contributed by atoms with Gasteiger partial charge in [0.15, 0.2) is 0 Å². The van der Waals surface area contributed by atoms with Gasteiger partial charge < -0.3 is 10.1 Å².